The van der Waals surface area contributed by atoms with Crippen molar-refractivity contribution in [3.8, 4) is 0 Å². The summed E-state index contributed by atoms with van der Waals surface area (Å²) in [5.41, 5.74) is -1.34. The first-order valence-corrected chi connectivity index (χ1v) is 22.2. The topological polar surface area (TPSA) is 203 Å². The number of benzene rings is 1. The lowest BCUT2D eigenvalue weighted by atomic mass is 9.82. The van der Waals surface area contributed by atoms with Gasteiger partial charge in [-0.25, -0.2) is 4.98 Å². The molecule has 3 aliphatic heterocycles. The zero-order valence-electron chi connectivity index (χ0n) is 35.9. The molecule has 1 aromatic carbocycles. The maximum Gasteiger partial charge on any atom is 0.289 e. The van der Waals surface area contributed by atoms with E-state index in [0.29, 0.717) is 38.9 Å². The standard InChI is InChI=1S/C45H61N9O7/c1-5-13-32(36(55)41(59)48-30-19-20-30)49-39(57)34-24-45(52(26-28-14-8-6-9-15-28)27-31-18-12-23-53(31)45)43(61)54(34)42(60)37(44(2,3)4)51-40(58)35(29-16-10-7-11-17-29)50-38(56)33-25-46-21-22-47-33/h6,8-9,14-15,21-22,25,29-32,34-35,37H,5,7,10-13,16-20,23-24,26-27H2,1-4H3,(H,48,59)(H,49,57)(H,50,56)(H,51,58)/t31-,32?,34+,35+,37-,45-/m1/s1. The van der Waals surface area contributed by atoms with E-state index in [2.05, 4.69) is 41.0 Å². The largest absolute Gasteiger partial charge is 0.347 e. The van der Waals surface area contributed by atoms with E-state index in [9.17, 15) is 24.0 Å². The first-order chi connectivity index (χ1) is 29.2. The minimum atomic E-state index is -1.37. The number of Topliss-reactive ketones (excluding diaryl/α,β-unsaturated/α-hetero) is 1. The van der Waals surface area contributed by atoms with Gasteiger partial charge in [0.2, 0.25) is 17.6 Å². The molecule has 16 heteroatoms. The molecule has 6 atom stereocenters. The predicted octanol–water partition coefficient (Wildman–Crippen LogP) is 2.62. The second-order valence-electron chi connectivity index (χ2n) is 18.6. The Hall–Kier alpha value is -5.09. The lowest BCUT2D eigenvalue weighted by molar-refractivity contribution is -0.157. The summed E-state index contributed by atoms with van der Waals surface area (Å²) in [5, 5.41) is 11.4. The number of hydrogen-bond donors (Lipinski definition) is 4. The van der Waals surface area contributed by atoms with Crippen LogP contribution in [0.1, 0.15) is 121 Å². The van der Waals surface area contributed by atoms with E-state index in [1.165, 1.54) is 18.6 Å². The molecule has 4 N–H and O–H groups in total. The molecule has 1 spiro atoms. The highest BCUT2D eigenvalue weighted by molar-refractivity contribution is 6.38. The van der Waals surface area contributed by atoms with E-state index < -0.39 is 76.5 Å². The fraction of sp³-hybridized carbons (Fsp3) is 0.622. The van der Waals surface area contributed by atoms with Crippen molar-refractivity contribution in [2.45, 2.75) is 153 Å². The lowest BCUT2D eigenvalue weighted by Crippen LogP contribution is -2.64. The van der Waals surface area contributed by atoms with Gasteiger partial charge >= 0.3 is 0 Å². The number of likely N-dealkylation sites (tertiary alicyclic amines) is 1. The Morgan fingerprint density at radius 2 is 1.64 bits per heavy atom. The fourth-order valence-electron chi connectivity index (χ4n) is 9.83. The van der Waals surface area contributed by atoms with Crippen LogP contribution in [0.2, 0.25) is 0 Å². The summed E-state index contributed by atoms with van der Waals surface area (Å²) >= 11 is 0. The van der Waals surface area contributed by atoms with Crippen LogP contribution < -0.4 is 21.3 Å². The number of aromatic nitrogens is 2. The van der Waals surface area contributed by atoms with Crippen LogP contribution >= 0.6 is 0 Å². The van der Waals surface area contributed by atoms with Gasteiger partial charge in [0.15, 0.2) is 5.66 Å². The molecule has 328 valence electrons. The smallest absolute Gasteiger partial charge is 0.289 e. The average Bonchev–Trinajstić information content (AvgIpc) is 3.73. The number of carbonyl (C=O) groups excluding carboxylic acids is 7. The van der Waals surface area contributed by atoms with Crippen molar-refractivity contribution in [3.63, 3.8) is 0 Å². The minimum absolute atomic E-state index is 0.0132. The third kappa shape index (κ3) is 9.40. The summed E-state index contributed by atoms with van der Waals surface area (Å²) in [4.78, 5) is 114. The summed E-state index contributed by atoms with van der Waals surface area (Å²) in [6, 6.07) is 4.81. The number of nitrogens with one attached hydrogen (secondary N) is 4. The zero-order chi connectivity index (χ0) is 43.5. The van der Waals surface area contributed by atoms with Gasteiger partial charge in [-0.3, -0.25) is 53.2 Å². The summed E-state index contributed by atoms with van der Waals surface area (Å²) in [5.74, 6) is -4.97. The van der Waals surface area contributed by atoms with Gasteiger partial charge in [-0.1, -0.05) is 83.7 Å². The van der Waals surface area contributed by atoms with E-state index in [1.807, 2.05) is 37.3 Å². The van der Waals surface area contributed by atoms with Gasteiger partial charge < -0.3 is 21.3 Å². The van der Waals surface area contributed by atoms with Crippen molar-refractivity contribution < 1.29 is 33.6 Å². The molecular formula is C45H61N9O7. The monoisotopic (exact) mass is 839 g/mol. The summed E-state index contributed by atoms with van der Waals surface area (Å²) in [7, 11) is 0. The van der Waals surface area contributed by atoms with Crippen LogP contribution in [0.4, 0.5) is 0 Å². The number of hydrogen-bond acceptors (Lipinski definition) is 11. The van der Waals surface area contributed by atoms with Gasteiger partial charge in [-0.05, 0) is 61.8 Å². The van der Waals surface area contributed by atoms with Crippen molar-refractivity contribution >= 4 is 41.2 Å². The molecule has 2 aliphatic carbocycles. The molecule has 0 bridgehead atoms. The van der Waals surface area contributed by atoms with Gasteiger partial charge in [0.25, 0.3) is 23.6 Å². The third-order valence-electron chi connectivity index (χ3n) is 13.1. The van der Waals surface area contributed by atoms with Crippen molar-refractivity contribution in [1.29, 1.82) is 0 Å². The number of carbonyl (C=O) groups is 7. The number of rotatable bonds is 15. The van der Waals surface area contributed by atoms with Crippen LogP contribution in [-0.4, -0.2) is 121 Å². The summed E-state index contributed by atoms with van der Waals surface area (Å²) in [6.45, 7) is 8.69. The van der Waals surface area contributed by atoms with E-state index in [4.69, 9.17) is 0 Å². The molecule has 16 nitrogen and oxygen atoms in total. The molecule has 2 aromatic rings. The van der Waals surface area contributed by atoms with Crippen LogP contribution in [0, 0.1) is 11.3 Å². The highest BCUT2D eigenvalue weighted by Gasteiger charge is 2.67. The summed E-state index contributed by atoms with van der Waals surface area (Å²) in [6.07, 6.45) is 12.1. The van der Waals surface area contributed by atoms with Gasteiger partial charge in [-0.2, -0.15) is 0 Å². The molecule has 3 saturated heterocycles. The second-order valence-corrected chi connectivity index (χ2v) is 18.6. The number of amides is 6. The van der Waals surface area contributed by atoms with Crippen molar-refractivity contribution in [2.75, 3.05) is 13.1 Å². The van der Waals surface area contributed by atoms with E-state index in [0.717, 1.165) is 55.4 Å². The van der Waals surface area contributed by atoms with Crippen molar-refractivity contribution in [2.24, 2.45) is 11.3 Å². The Morgan fingerprint density at radius 3 is 2.30 bits per heavy atom. The molecule has 4 heterocycles. The zero-order valence-corrected chi connectivity index (χ0v) is 35.9. The number of imide groups is 1. The van der Waals surface area contributed by atoms with Crippen LogP contribution in [-0.2, 0) is 35.3 Å². The molecule has 1 aromatic heterocycles. The normalized spacial score (nSPS) is 24.8. The maximum absolute atomic E-state index is 15.5. The SMILES string of the molecule is CCCC(NC(=O)[C@@H]1C[C@@]2(C(=O)N1C(=O)[C@@H](NC(=O)[C@@H](NC(=O)c1cnccn1)C1CCCCC1)C(C)(C)C)N(Cc1ccccc1)C[C@H]1CCCN12)C(=O)C(=O)NC1CC1. The molecule has 5 fully saturated rings. The molecule has 2 saturated carbocycles. The molecule has 1 unspecified atom stereocenters. The quantitative estimate of drug-likeness (QED) is 0.192. The minimum Gasteiger partial charge on any atom is -0.347 e. The Balaban J connectivity index is 1.23. The van der Waals surface area contributed by atoms with Crippen LogP contribution in [0.15, 0.2) is 48.9 Å². The molecule has 6 amide bonds. The molecule has 61 heavy (non-hydrogen) atoms. The van der Waals surface area contributed by atoms with Gasteiger partial charge in [0, 0.05) is 50.5 Å². The first-order valence-electron chi connectivity index (χ1n) is 22.2. The van der Waals surface area contributed by atoms with Gasteiger partial charge in [0.1, 0.15) is 23.8 Å². The Morgan fingerprint density at radius 1 is 0.902 bits per heavy atom. The Labute approximate surface area is 357 Å². The molecule has 0 radical (unpaired) electrons. The van der Waals surface area contributed by atoms with Crippen LogP contribution in [0.25, 0.3) is 0 Å². The van der Waals surface area contributed by atoms with Gasteiger partial charge in [0.05, 0.1) is 12.2 Å². The number of fused-ring (bicyclic) bond motifs is 2. The maximum atomic E-state index is 15.5. The number of ketones is 1. The lowest BCUT2D eigenvalue weighted by Gasteiger charge is -2.39. The number of nitrogens with zero attached hydrogens (tertiary/aromatic N) is 5. The predicted molar refractivity (Wildman–Crippen MR) is 224 cm³/mol. The van der Waals surface area contributed by atoms with Crippen LogP contribution in [0.3, 0.4) is 0 Å². The van der Waals surface area contributed by atoms with Gasteiger partial charge in [-0.15, -0.1) is 0 Å². The average molecular weight is 840 g/mol. The summed E-state index contributed by atoms with van der Waals surface area (Å²) < 4.78 is 0. The molecule has 5 aliphatic rings. The Kier molecular flexibility index (Phi) is 13.3. The van der Waals surface area contributed by atoms with E-state index >= 15 is 9.59 Å². The second kappa shape index (κ2) is 18.5. The van der Waals surface area contributed by atoms with Crippen molar-refractivity contribution in [1.82, 2.24) is 45.9 Å². The highest BCUT2D eigenvalue weighted by atomic mass is 16.2. The van der Waals surface area contributed by atoms with E-state index in [1.54, 1.807) is 20.8 Å². The van der Waals surface area contributed by atoms with Crippen LogP contribution in [0.5, 0.6) is 0 Å². The Bertz CT molecular complexity index is 1970. The van der Waals surface area contributed by atoms with Crippen molar-refractivity contribution in [3.05, 3.63) is 60.2 Å². The molecular weight excluding hydrogens is 779 g/mol. The third-order valence-corrected chi connectivity index (χ3v) is 13.1. The van der Waals surface area contributed by atoms with E-state index in [-0.39, 0.29) is 36.5 Å². The molecule has 7 rings (SSSR count). The first kappa shape index (κ1) is 44.0. The highest BCUT2D eigenvalue weighted by Crippen LogP contribution is 2.47. The fourth-order valence-corrected chi connectivity index (χ4v) is 9.83.